The number of nitrogens with zero attached hydrogens (tertiary/aromatic N) is 1. The van der Waals surface area contributed by atoms with Crippen molar-refractivity contribution in [3.63, 3.8) is 0 Å². The van der Waals surface area contributed by atoms with Crippen LogP contribution in [0.3, 0.4) is 0 Å². The third kappa shape index (κ3) is 2.75. The maximum Gasteiger partial charge on any atom is 0.241 e. The van der Waals surface area contributed by atoms with E-state index >= 15 is 0 Å². The molecule has 0 saturated carbocycles. The summed E-state index contributed by atoms with van der Waals surface area (Å²) in [7, 11) is -3.66. The Hall–Kier alpha value is -1.50. The minimum absolute atomic E-state index is 0.182. The smallest absolute Gasteiger partial charge is 0.241 e. The summed E-state index contributed by atoms with van der Waals surface area (Å²) >= 11 is 0. The molecule has 2 rings (SSSR count). The summed E-state index contributed by atoms with van der Waals surface area (Å²) in [6.07, 6.45) is 1.63. The monoisotopic (exact) mass is 280 g/mol. The summed E-state index contributed by atoms with van der Waals surface area (Å²) < 4.78 is 27.0. The fourth-order valence-electron chi connectivity index (χ4n) is 1.89. The molecule has 0 radical (unpaired) electrons. The van der Waals surface area contributed by atoms with E-state index in [1.807, 2.05) is 6.92 Å². The highest BCUT2D eigenvalue weighted by Crippen LogP contribution is 2.24. The van der Waals surface area contributed by atoms with E-state index in [2.05, 4.69) is 9.71 Å². The number of sulfonamides is 1. The third-order valence-electron chi connectivity index (χ3n) is 2.85. The van der Waals surface area contributed by atoms with Gasteiger partial charge in [-0.05, 0) is 37.6 Å². The molecule has 19 heavy (non-hydrogen) atoms. The van der Waals surface area contributed by atoms with Gasteiger partial charge in [0.25, 0.3) is 0 Å². The molecule has 1 heterocycles. The van der Waals surface area contributed by atoms with E-state index in [0.29, 0.717) is 10.9 Å². The SMILES string of the molecule is Cc1ccc(S(=O)(=O)N[C@H](C)CO)c2cccnc12. The van der Waals surface area contributed by atoms with Crippen LogP contribution in [0.2, 0.25) is 0 Å². The molecule has 0 fully saturated rings. The molecule has 1 aromatic heterocycles. The number of fused-ring (bicyclic) bond motifs is 1. The van der Waals surface area contributed by atoms with Crippen molar-refractivity contribution in [3.8, 4) is 0 Å². The number of aromatic nitrogens is 1. The van der Waals surface area contributed by atoms with Crippen molar-refractivity contribution in [1.29, 1.82) is 0 Å². The largest absolute Gasteiger partial charge is 0.395 e. The molecule has 2 N–H and O–H groups in total. The highest BCUT2D eigenvalue weighted by atomic mass is 32.2. The number of benzene rings is 1. The van der Waals surface area contributed by atoms with E-state index < -0.39 is 16.1 Å². The maximum atomic E-state index is 12.3. The van der Waals surface area contributed by atoms with Gasteiger partial charge in [0.15, 0.2) is 0 Å². The summed E-state index contributed by atoms with van der Waals surface area (Å²) in [5.74, 6) is 0. The van der Waals surface area contributed by atoms with E-state index in [4.69, 9.17) is 5.11 Å². The Balaban J connectivity index is 2.60. The molecular formula is C13H16N2O3S. The lowest BCUT2D eigenvalue weighted by atomic mass is 10.1. The first kappa shape index (κ1) is 13.9. The minimum Gasteiger partial charge on any atom is -0.395 e. The summed E-state index contributed by atoms with van der Waals surface area (Å²) in [6.45, 7) is 3.24. The molecule has 0 aliphatic carbocycles. The standard InChI is InChI=1S/C13H16N2O3S/c1-9-5-6-12(11-4-3-7-14-13(9)11)19(17,18)15-10(2)8-16/h3-7,10,15-16H,8H2,1-2H3/t10-/m1/s1. The summed E-state index contributed by atoms with van der Waals surface area (Å²) in [5.41, 5.74) is 1.59. The van der Waals surface area contributed by atoms with Crippen LogP contribution < -0.4 is 4.72 Å². The molecule has 0 aliphatic rings. The number of pyridine rings is 1. The molecule has 0 saturated heterocycles. The molecule has 1 aromatic carbocycles. The van der Waals surface area contributed by atoms with Crippen LogP contribution in [0.4, 0.5) is 0 Å². The zero-order valence-electron chi connectivity index (χ0n) is 10.8. The first-order valence-corrected chi connectivity index (χ1v) is 7.41. The second-order valence-corrected chi connectivity index (χ2v) is 6.17. The Bertz CT molecular complexity index is 698. The van der Waals surface area contributed by atoms with E-state index in [1.54, 1.807) is 37.4 Å². The number of hydrogen-bond acceptors (Lipinski definition) is 4. The number of nitrogens with one attached hydrogen (secondary N) is 1. The molecule has 6 heteroatoms. The Morgan fingerprint density at radius 3 is 2.79 bits per heavy atom. The van der Waals surface area contributed by atoms with Gasteiger partial charge in [0.2, 0.25) is 10.0 Å². The number of hydrogen-bond donors (Lipinski definition) is 2. The Kier molecular flexibility index (Phi) is 3.84. The predicted octanol–water partition coefficient (Wildman–Crippen LogP) is 1.20. The van der Waals surface area contributed by atoms with Crippen LogP contribution in [0.25, 0.3) is 10.9 Å². The topological polar surface area (TPSA) is 79.3 Å². The van der Waals surface area contributed by atoms with Gasteiger partial charge in [-0.1, -0.05) is 6.07 Å². The van der Waals surface area contributed by atoms with Crippen LogP contribution in [0, 0.1) is 6.92 Å². The van der Waals surface area contributed by atoms with Crippen molar-refractivity contribution in [2.24, 2.45) is 0 Å². The van der Waals surface area contributed by atoms with Gasteiger partial charge in [-0.2, -0.15) is 0 Å². The van der Waals surface area contributed by atoms with Crippen molar-refractivity contribution in [2.75, 3.05) is 6.61 Å². The first-order chi connectivity index (χ1) is 8.95. The molecule has 0 spiro atoms. The van der Waals surface area contributed by atoms with Gasteiger partial charge in [-0.25, -0.2) is 13.1 Å². The van der Waals surface area contributed by atoms with Crippen molar-refractivity contribution in [2.45, 2.75) is 24.8 Å². The van der Waals surface area contributed by atoms with Crippen molar-refractivity contribution in [1.82, 2.24) is 9.71 Å². The molecular weight excluding hydrogens is 264 g/mol. The second-order valence-electron chi connectivity index (χ2n) is 4.49. The quantitative estimate of drug-likeness (QED) is 0.882. The van der Waals surface area contributed by atoms with Gasteiger partial charge >= 0.3 is 0 Å². The molecule has 0 bridgehead atoms. The molecule has 0 unspecified atom stereocenters. The predicted molar refractivity (Wildman–Crippen MR) is 73.3 cm³/mol. The zero-order chi connectivity index (χ0) is 14.0. The van der Waals surface area contributed by atoms with Crippen molar-refractivity contribution < 1.29 is 13.5 Å². The van der Waals surface area contributed by atoms with Crippen LogP contribution in [0.1, 0.15) is 12.5 Å². The molecule has 5 nitrogen and oxygen atoms in total. The van der Waals surface area contributed by atoms with Gasteiger partial charge < -0.3 is 5.11 Å². The van der Waals surface area contributed by atoms with E-state index in [1.165, 1.54) is 0 Å². The van der Waals surface area contributed by atoms with Crippen molar-refractivity contribution >= 4 is 20.9 Å². The molecule has 0 amide bonds. The molecule has 1 atom stereocenters. The minimum atomic E-state index is -3.66. The normalized spacial score (nSPS) is 13.6. The fourth-order valence-corrected chi connectivity index (χ4v) is 3.32. The average Bonchev–Trinajstić information content (AvgIpc) is 2.38. The number of aryl methyl sites for hydroxylation is 1. The van der Waals surface area contributed by atoms with Gasteiger partial charge in [0.1, 0.15) is 0 Å². The average molecular weight is 280 g/mol. The van der Waals surface area contributed by atoms with Crippen LogP contribution in [0.5, 0.6) is 0 Å². The van der Waals surface area contributed by atoms with Crippen LogP contribution in [0.15, 0.2) is 35.4 Å². The lowest BCUT2D eigenvalue weighted by Crippen LogP contribution is -2.35. The molecule has 0 aliphatic heterocycles. The first-order valence-electron chi connectivity index (χ1n) is 5.93. The molecule has 102 valence electrons. The van der Waals surface area contributed by atoms with E-state index in [9.17, 15) is 8.42 Å². The van der Waals surface area contributed by atoms with E-state index in [-0.39, 0.29) is 11.5 Å². The van der Waals surface area contributed by atoms with Gasteiger partial charge in [0, 0.05) is 17.6 Å². The summed E-state index contributed by atoms with van der Waals surface area (Å²) in [5, 5.41) is 9.55. The Morgan fingerprint density at radius 2 is 2.11 bits per heavy atom. The summed E-state index contributed by atoms with van der Waals surface area (Å²) in [6, 6.07) is 6.20. The van der Waals surface area contributed by atoms with Crippen molar-refractivity contribution in [3.05, 3.63) is 36.0 Å². The van der Waals surface area contributed by atoms with Crippen LogP contribution in [-0.4, -0.2) is 31.2 Å². The van der Waals surface area contributed by atoms with E-state index in [0.717, 1.165) is 5.56 Å². The van der Waals surface area contributed by atoms with Gasteiger partial charge in [0.05, 0.1) is 17.0 Å². The summed E-state index contributed by atoms with van der Waals surface area (Å²) in [4.78, 5) is 4.39. The lowest BCUT2D eigenvalue weighted by molar-refractivity contribution is 0.265. The number of aliphatic hydroxyl groups is 1. The van der Waals surface area contributed by atoms with Gasteiger partial charge in [-0.15, -0.1) is 0 Å². The Morgan fingerprint density at radius 1 is 1.37 bits per heavy atom. The highest BCUT2D eigenvalue weighted by Gasteiger charge is 2.20. The zero-order valence-corrected chi connectivity index (χ0v) is 11.6. The second kappa shape index (κ2) is 5.24. The Labute approximate surface area is 112 Å². The van der Waals surface area contributed by atoms with Gasteiger partial charge in [-0.3, -0.25) is 4.98 Å². The van der Waals surface area contributed by atoms with Crippen LogP contribution in [-0.2, 0) is 10.0 Å². The third-order valence-corrected chi connectivity index (χ3v) is 4.50. The number of aliphatic hydroxyl groups excluding tert-OH is 1. The highest BCUT2D eigenvalue weighted by molar-refractivity contribution is 7.89. The number of rotatable bonds is 4. The van der Waals surface area contributed by atoms with Crippen LogP contribution >= 0.6 is 0 Å². The molecule has 2 aromatic rings. The maximum absolute atomic E-state index is 12.3. The lowest BCUT2D eigenvalue weighted by Gasteiger charge is -2.13. The fraction of sp³-hybridized carbons (Fsp3) is 0.308.